The highest BCUT2D eigenvalue weighted by Crippen LogP contribution is 2.22. The van der Waals surface area contributed by atoms with Gasteiger partial charge in [0.05, 0.1) is 6.10 Å². The van der Waals surface area contributed by atoms with Gasteiger partial charge in [-0.3, -0.25) is 0 Å². The summed E-state index contributed by atoms with van der Waals surface area (Å²) in [5.74, 6) is 0. The van der Waals surface area contributed by atoms with E-state index in [1.807, 2.05) is 30.3 Å². The second-order valence-corrected chi connectivity index (χ2v) is 4.07. The summed E-state index contributed by atoms with van der Waals surface area (Å²) in [7, 11) is 0. The molecule has 88 valence electrons. The van der Waals surface area contributed by atoms with E-state index in [0.717, 1.165) is 25.0 Å². The van der Waals surface area contributed by atoms with Gasteiger partial charge in [0.15, 0.2) is 6.29 Å². The molecule has 1 aliphatic heterocycles. The van der Waals surface area contributed by atoms with Crippen LogP contribution in [0.1, 0.15) is 30.9 Å². The van der Waals surface area contributed by atoms with Gasteiger partial charge in [-0.1, -0.05) is 30.3 Å². The van der Waals surface area contributed by atoms with Crippen molar-refractivity contribution in [3.63, 3.8) is 0 Å². The van der Waals surface area contributed by atoms with Crippen LogP contribution < -0.4 is 5.73 Å². The third-order valence-electron chi connectivity index (χ3n) is 2.84. The van der Waals surface area contributed by atoms with E-state index in [0.29, 0.717) is 6.54 Å². The molecule has 3 nitrogen and oxygen atoms in total. The quantitative estimate of drug-likeness (QED) is 0.848. The van der Waals surface area contributed by atoms with E-state index in [1.165, 1.54) is 6.42 Å². The molecule has 1 aromatic rings. The van der Waals surface area contributed by atoms with Crippen molar-refractivity contribution in [2.75, 3.05) is 13.2 Å². The monoisotopic (exact) mass is 221 g/mol. The molecule has 0 spiro atoms. The fourth-order valence-electron chi connectivity index (χ4n) is 1.94. The number of nitrogens with two attached hydrogens (primary N) is 1. The van der Waals surface area contributed by atoms with E-state index in [9.17, 15) is 0 Å². The summed E-state index contributed by atoms with van der Waals surface area (Å²) in [5.41, 5.74) is 6.87. The van der Waals surface area contributed by atoms with Crippen LogP contribution in [0.15, 0.2) is 30.3 Å². The minimum Gasteiger partial charge on any atom is -0.353 e. The number of ether oxygens (including phenoxy) is 2. The molecule has 0 radical (unpaired) electrons. The average molecular weight is 221 g/mol. The van der Waals surface area contributed by atoms with Crippen LogP contribution in [-0.4, -0.2) is 19.4 Å². The molecular formula is C13H19NO2. The smallest absolute Gasteiger partial charge is 0.158 e. The van der Waals surface area contributed by atoms with Crippen molar-refractivity contribution in [3.05, 3.63) is 35.9 Å². The van der Waals surface area contributed by atoms with E-state index in [1.54, 1.807) is 0 Å². The maximum Gasteiger partial charge on any atom is 0.158 e. The number of rotatable bonds is 4. The van der Waals surface area contributed by atoms with Crippen LogP contribution in [0.4, 0.5) is 0 Å². The molecule has 1 aromatic carbocycles. The lowest BCUT2D eigenvalue weighted by molar-refractivity contribution is -0.187. The summed E-state index contributed by atoms with van der Waals surface area (Å²) in [6.45, 7) is 1.29. The molecule has 1 unspecified atom stereocenters. The first-order chi connectivity index (χ1) is 7.90. The fourth-order valence-corrected chi connectivity index (χ4v) is 1.94. The van der Waals surface area contributed by atoms with Gasteiger partial charge in [-0.2, -0.15) is 0 Å². The molecule has 2 N–H and O–H groups in total. The van der Waals surface area contributed by atoms with Crippen molar-refractivity contribution in [1.29, 1.82) is 0 Å². The molecule has 2 atom stereocenters. The summed E-state index contributed by atoms with van der Waals surface area (Å²) in [6.07, 6.45) is 3.16. The number of benzene rings is 1. The number of hydrogen-bond acceptors (Lipinski definition) is 3. The fraction of sp³-hybridized carbons (Fsp3) is 0.538. The highest BCUT2D eigenvalue weighted by molar-refractivity contribution is 5.17. The molecule has 1 saturated heterocycles. The Morgan fingerprint density at radius 3 is 2.75 bits per heavy atom. The van der Waals surface area contributed by atoms with Gasteiger partial charge in [0.25, 0.3) is 0 Å². The van der Waals surface area contributed by atoms with Gasteiger partial charge in [0.1, 0.15) is 0 Å². The molecule has 1 heterocycles. The van der Waals surface area contributed by atoms with Gasteiger partial charge >= 0.3 is 0 Å². The Hall–Kier alpha value is -0.900. The number of hydrogen-bond donors (Lipinski definition) is 1. The van der Waals surface area contributed by atoms with Crippen LogP contribution >= 0.6 is 0 Å². The van der Waals surface area contributed by atoms with Crippen LogP contribution in [0.3, 0.4) is 0 Å². The van der Waals surface area contributed by atoms with Crippen molar-refractivity contribution in [3.8, 4) is 0 Å². The van der Waals surface area contributed by atoms with Crippen LogP contribution in [0.25, 0.3) is 0 Å². The molecule has 2 rings (SSSR count). The van der Waals surface area contributed by atoms with Crippen LogP contribution in [0.5, 0.6) is 0 Å². The summed E-state index contributed by atoms with van der Waals surface area (Å²) in [5, 5.41) is 0. The second-order valence-electron chi connectivity index (χ2n) is 4.07. The first-order valence-electron chi connectivity index (χ1n) is 5.92. The van der Waals surface area contributed by atoms with Crippen LogP contribution in [-0.2, 0) is 9.47 Å². The van der Waals surface area contributed by atoms with E-state index in [2.05, 4.69) is 0 Å². The lowest BCUT2D eigenvalue weighted by Crippen LogP contribution is -2.27. The molecule has 3 heteroatoms. The zero-order chi connectivity index (χ0) is 11.2. The van der Waals surface area contributed by atoms with E-state index < -0.39 is 0 Å². The normalized spacial score (nSPS) is 22.9. The maximum atomic E-state index is 5.88. The van der Waals surface area contributed by atoms with Crippen LogP contribution in [0.2, 0.25) is 0 Å². The van der Waals surface area contributed by atoms with Gasteiger partial charge in [-0.25, -0.2) is 0 Å². The van der Waals surface area contributed by atoms with Crippen LogP contribution in [0, 0.1) is 0 Å². The Kier molecular flexibility index (Phi) is 4.34. The standard InChI is InChI=1S/C13H19NO2/c14-10-12(11-6-2-1-3-7-11)16-13-8-4-5-9-15-13/h1-3,6-7,12-13H,4-5,8-10,14H2/t12-,13?/m0/s1. The SMILES string of the molecule is NC[C@H](OC1CCCCO1)c1ccccc1. The van der Waals surface area contributed by atoms with E-state index in [4.69, 9.17) is 15.2 Å². The molecule has 0 aliphatic carbocycles. The molecule has 1 aliphatic rings. The zero-order valence-corrected chi connectivity index (χ0v) is 9.47. The third kappa shape index (κ3) is 3.04. The van der Waals surface area contributed by atoms with Crippen molar-refractivity contribution < 1.29 is 9.47 Å². The largest absolute Gasteiger partial charge is 0.353 e. The minimum atomic E-state index is -0.0810. The van der Waals surface area contributed by atoms with E-state index >= 15 is 0 Å². The Morgan fingerprint density at radius 2 is 2.12 bits per heavy atom. The van der Waals surface area contributed by atoms with Gasteiger partial charge in [-0.05, 0) is 24.8 Å². The minimum absolute atomic E-state index is 0.0516. The summed E-state index contributed by atoms with van der Waals surface area (Å²) in [6, 6.07) is 10.1. The Morgan fingerprint density at radius 1 is 1.31 bits per heavy atom. The summed E-state index contributed by atoms with van der Waals surface area (Å²) in [4.78, 5) is 0. The summed E-state index contributed by atoms with van der Waals surface area (Å²) < 4.78 is 11.4. The third-order valence-corrected chi connectivity index (χ3v) is 2.84. The van der Waals surface area contributed by atoms with Crippen molar-refractivity contribution in [2.45, 2.75) is 31.7 Å². The first-order valence-corrected chi connectivity index (χ1v) is 5.92. The molecule has 0 amide bonds. The average Bonchev–Trinajstić information content (AvgIpc) is 2.38. The Balaban J connectivity index is 1.94. The second kappa shape index (κ2) is 5.99. The predicted molar refractivity (Wildman–Crippen MR) is 62.9 cm³/mol. The highest BCUT2D eigenvalue weighted by Gasteiger charge is 2.19. The van der Waals surface area contributed by atoms with Gasteiger partial charge in [0.2, 0.25) is 0 Å². The molecule has 0 bridgehead atoms. The highest BCUT2D eigenvalue weighted by atomic mass is 16.7. The lowest BCUT2D eigenvalue weighted by Gasteiger charge is -2.27. The maximum absolute atomic E-state index is 5.88. The Labute approximate surface area is 96.5 Å². The van der Waals surface area contributed by atoms with Gasteiger partial charge < -0.3 is 15.2 Å². The first kappa shape index (κ1) is 11.6. The summed E-state index contributed by atoms with van der Waals surface area (Å²) >= 11 is 0. The van der Waals surface area contributed by atoms with Gasteiger partial charge in [-0.15, -0.1) is 0 Å². The van der Waals surface area contributed by atoms with Crippen molar-refractivity contribution >= 4 is 0 Å². The van der Waals surface area contributed by atoms with Crippen molar-refractivity contribution in [1.82, 2.24) is 0 Å². The molecule has 1 fully saturated rings. The topological polar surface area (TPSA) is 44.5 Å². The molecule has 16 heavy (non-hydrogen) atoms. The molecule has 0 saturated carbocycles. The van der Waals surface area contributed by atoms with Crippen molar-refractivity contribution in [2.24, 2.45) is 5.73 Å². The predicted octanol–water partition coefficient (Wildman–Crippen LogP) is 2.23. The zero-order valence-electron chi connectivity index (χ0n) is 9.47. The van der Waals surface area contributed by atoms with Gasteiger partial charge in [0, 0.05) is 13.2 Å². The lowest BCUT2D eigenvalue weighted by atomic mass is 10.1. The van der Waals surface area contributed by atoms with E-state index in [-0.39, 0.29) is 12.4 Å². The molecule has 0 aromatic heterocycles. The Bertz CT molecular complexity index is 296. The molecular weight excluding hydrogens is 202 g/mol.